The SMILES string of the molecule is CCCCN(NC(=O)c1cnccn1)[C@@H](C(=O)NCc1ccccc1)C1CCCCC1. The zero-order valence-corrected chi connectivity index (χ0v) is 18.3. The Bertz CT molecular complexity index is 809. The molecule has 7 nitrogen and oxygen atoms in total. The lowest BCUT2D eigenvalue weighted by Crippen LogP contribution is -2.58. The number of nitrogens with zero attached hydrogens (tertiary/aromatic N) is 3. The Morgan fingerprint density at radius 2 is 1.90 bits per heavy atom. The van der Waals surface area contributed by atoms with E-state index in [9.17, 15) is 9.59 Å². The van der Waals surface area contributed by atoms with Gasteiger partial charge in [0.2, 0.25) is 5.91 Å². The Balaban J connectivity index is 1.78. The summed E-state index contributed by atoms with van der Waals surface area (Å²) in [7, 11) is 0. The molecule has 1 heterocycles. The van der Waals surface area contributed by atoms with Crippen molar-refractivity contribution < 1.29 is 9.59 Å². The minimum Gasteiger partial charge on any atom is -0.351 e. The third-order valence-electron chi connectivity index (χ3n) is 5.80. The van der Waals surface area contributed by atoms with Gasteiger partial charge in [0.1, 0.15) is 11.7 Å². The van der Waals surface area contributed by atoms with E-state index in [1.165, 1.54) is 25.0 Å². The summed E-state index contributed by atoms with van der Waals surface area (Å²) in [4.78, 5) is 34.3. The van der Waals surface area contributed by atoms with Crippen LogP contribution in [0.5, 0.6) is 0 Å². The van der Waals surface area contributed by atoms with Crippen molar-refractivity contribution in [2.75, 3.05) is 6.54 Å². The molecule has 1 fully saturated rings. The third kappa shape index (κ3) is 6.85. The second-order valence-corrected chi connectivity index (χ2v) is 8.12. The van der Waals surface area contributed by atoms with E-state index < -0.39 is 6.04 Å². The molecular formula is C24H33N5O2. The topological polar surface area (TPSA) is 87.2 Å². The standard InChI is InChI=1S/C24H33N5O2/c1-2-3-16-29(28-23(30)21-18-25-14-15-26-21)22(20-12-8-5-9-13-20)24(31)27-17-19-10-6-4-7-11-19/h4,6-7,10-11,14-15,18,20,22H,2-3,5,8-9,12-13,16-17H2,1H3,(H,27,31)(H,28,30)/t22-/m1/s1. The van der Waals surface area contributed by atoms with Gasteiger partial charge in [-0.25, -0.2) is 9.99 Å². The van der Waals surface area contributed by atoms with Crippen molar-refractivity contribution in [1.82, 2.24) is 25.7 Å². The van der Waals surface area contributed by atoms with Crippen LogP contribution >= 0.6 is 0 Å². The second kappa shape index (κ2) is 12.2. The predicted octanol–water partition coefficient (Wildman–Crippen LogP) is 3.49. The van der Waals surface area contributed by atoms with Gasteiger partial charge in [-0.15, -0.1) is 0 Å². The highest BCUT2D eigenvalue weighted by Crippen LogP contribution is 2.29. The van der Waals surface area contributed by atoms with E-state index in [1.807, 2.05) is 35.3 Å². The van der Waals surface area contributed by atoms with E-state index in [0.29, 0.717) is 13.1 Å². The smallest absolute Gasteiger partial charge is 0.285 e. The maximum Gasteiger partial charge on any atom is 0.285 e. The normalized spacial score (nSPS) is 15.4. The molecule has 1 aromatic heterocycles. The highest BCUT2D eigenvalue weighted by molar-refractivity contribution is 5.92. The molecule has 0 unspecified atom stereocenters. The fraction of sp³-hybridized carbons (Fsp3) is 0.500. The van der Waals surface area contributed by atoms with Crippen molar-refractivity contribution in [3.8, 4) is 0 Å². The maximum atomic E-state index is 13.4. The molecule has 3 rings (SSSR count). The zero-order valence-electron chi connectivity index (χ0n) is 18.3. The Morgan fingerprint density at radius 3 is 2.58 bits per heavy atom. The van der Waals surface area contributed by atoms with Crippen LogP contribution in [0.4, 0.5) is 0 Å². The van der Waals surface area contributed by atoms with Gasteiger partial charge in [0.05, 0.1) is 6.20 Å². The van der Waals surface area contributed by atoms with Gasteiger partial charge in [0.25, 0.3) is 5.91 Å². The minimum atomic E-state index is -0.406. The number of hydrazine groups is 1. The molecule has 1 atom stereocenters. The number of hydrogen-bond acceptors (Lipinski definition) is 5. The van der Waals surface area contributed by atoms with Gasteiger partial charge in [0.15, 0.2) is 0 Å². The van der Waals surface area contributed by atoms with Crippen LogP contribution in [0, 0.1) is 5.92 Å². The van der Waals surface area contributed by atoms with Crippen LogP contribution in [0.2, 0.25) is 0 Å². The molecule has 31 heavy (non-hydrogen) atoms. The van der Waals surface area contributed by atoms with Gasteiger partial charge in [0, 0.05) is 25.5 Å². The first-order valence-electron chi connectivity index (χ1n) is 11.3. The minimum absolute atomic E-state index is 0.0358. The molecule has 0 radical (unpaired) electrons. The summed E-state index contributed by atoms with van der Waals surface area (Å²) in [5.41, 5.74) is 4.28. The lowest BCUT2D eigenvalue weighted by Gasteiger charge is -2.37. The first-order valence-corrected chi connectivity index (χ1v) is 11.3. The highest BCUT2D eigenvalue weighted by Gasteiger charge is 2.35. The Morgan fingerprint density at radius 1 is 1.13 bits per heavy atom. The Kier molecular flexibility index (Phi) is 8.97. The summed E-state index contributed by atoms with van der Waals surface area (Å²) < 4.78 is 0. The fourth-order valence-corrected chi connectivity index (χ4v) is 4.15. The molecule has 1 aliphatic rings. The van der Waals surface area contributed by atoms with E-state index in [-0.39, 0.29) is 23.4 Å². The van der Waals surface area contributed by atoms with E-state index >= 15 is 0 Å². The molecule has 166 valence electrons. The molecular weight excluding hydrogens is 390 g/mol. The molecule has 2 amide bonds. The average molecular weight is 424 g/mol. The van der Waals surface area contributed by atoms with Gasteiger partial charge in [-0.05, 0) is 30.7 Å². The summed E-state index contributed by atoms with van der Waals surface area (Å²) >= 11 is 0. The van der Waals surface area contributed by atoms with Crippen molar-refractivity contribution in [1.29, 1.82) is 0 Å². The molecule has 1 aliphatic carbocycles. The van der Waals surface area contributed by atoms with E-state index in [1.54, 1.807) is 0 Å². The van der Waals surface area contributed by atoms with Crippen molar-refractivity contribution in [2.45, 2.75) is 64.5 Å². The third-order valence-corrected chi connectivity index (χ3v) is 5.80. The van der Waals surface area contributed by atoms with Crippen LogP contribution in [-0.4, -0.2) is 39.4 Å². The van der Waals surface area contributed by atoms with Crippen molar-refractivity contribution >= 4 is 11.8 Å². The second-order valence-electron chi connectivity index (χ2n) is 8.12. The van der Waals surface area contributed by atoms with Gasteiger partial charge < -0.3 is 5.32 Å². The quantitative estimate of drug-likeness (QED) is 0.571. The summed E-state index contributed by atoms with van der Waals surface area (Å²) in [5, 5.41) is 4.95. The van der Waals surface area contributed by atoms with Crippen LogP contribution in [0.25, 0.3) is 0 Å². The molecule has 0 aliphatic heterocycles. The molecule has 0 spiro atoms. The van der Waals surface area contributed by atoms with Crippen LogP contribution in [0.3, 0.4) is 0 Å². The number of carbonyl (C=O) groups excluding carboxylic acids is 2. The largest absolute Gasteiger partial charge is 0.351 e. The summed E-state index contributed by atoms with van der Waals surface area (Å²) in [6.07, 6.45) is 11.8. The predicted molar refractivity (Wildman–Crippen MR) is 120 cm³/mol. The summed E-state index contributed by atoms with van der Waals surface area (Å²) in [5.74, 6) is -0.157. The monoisotopic (exact) mass is 423 g/mol. The number of rotatable bonds is 10. The first kappa shape index (κ1) is 22.9. The number of benzene rings is 1. The van der Waals surface area contributed by atoms with Gasteiger partial charge in [-0.3, -0.25) is 20.0 Å². The van der Waals surface area contributed by atoms with Crippen LogP contribution in [0.1, 0.15) is 67.9 Å². The van der Waals surface area contributed by atoms with E-state index in [2.05, 4.69) is 27.6 Å². The molecule has 2 aromatic rings. The van der Waals surface area contributed by atoms with Gasteiger partial charge in [-0.2, -0.15) is 0 Å². The molecule has 0 saturated heterocycles. The lowest BCUT2D eigenvalue weighted by atomic mass is 9.83. The Labute approximate surface area is 184 Å². The summed E-state index contributed by atoms with van der Waals surface area (Å²) in [6.45, 7) is 3.19. The van der Waals surface area contributed by atoms with Crippen LogP contribution in [-0.2, 0) is 11.3 Å². The molecule has 0 bridgehead atoms. The fourth-order valence-electron chi connectivity index (χ4n) is 4.15. The highest BCUT2D eigenvalue weighted by atomic mass is 16.2. The summed E-state index contributed by atoms with van der Waals surface area (Å²) in [6, 6.07) is 9.49. The zero-order chi connectivity index (χ0) is 21.9. The van der Waals surface area contributed by atoms with Crippen LogP contribution < -0.4 is 10.7 Å². The maximum absolute atomic E-state index is 13.4. The number of nitrogens with one attached hydrogen (secondary N) is 2. The van der Waals surface area contributed by atoms with E-state index in [0.717, 1.165) is 44.1 Å². The molecule has 1 saturated carbocycles. The Hall–Kier alpha value is -2.80. The number of hydrogen-bond donors (Lipinski definition) is 2. The molecule has 7 heteroatoms. The number of unbranched alkanes of at least 4 members (excludes halogenated alkanes) is 1. The van der Waals surface area contributed by atoms with Gasteiger partial charge >= 0.3 is 0 Å². The number of carbonyl (C=O) groups is 2. The molecule has 1 aromatic carbocycles. The van der Waals surface area contributed by atoms with E-state index in [4.69, 9.17) is 0 Å². The van der Waals surface area contributed by atoms with Crippen molar-refractivity contribution in [2.24, 2.45) is 5.92 Å². The van der Waals surface area contributed by atoms with Crippen molar-refractivity contribution in [3.63, 3.8) is 0 Å². The number of amides is 2. The van der Waals surface area contributed by atoms with Crippen LogP contribution in [0.15, 0.2) is 48.9 Å². The lowest BCUT2D eigenvalue weighted by molar-refractivity contribution is -0.130. The number of aromatic nitrogens is 2. The van der Waals surface area contributed by atoms with Crippen molar-refractivity contribution in [3.05, 3.63) is 60.2 Å². The first-order chi connectivity index (χ1) is 15.2. The average Bonchev–Trinajstić information content (AvgIpc) is 2.83. The van der Waals surface area contributed by atoms with Gasteiger partial charge in [-0.1, -0.05) is 62.9 Å². The molecule has 2 N–H and O–H groups in total.